The van der Waals surface area contributed by atoms with E-state index in [1.54, 1.807) is 31.2 Å². The molecule has 0 spiro atoms. The molecule has 0 unspecified atom stereocenters. The van der Waals surface area contributed by atoms with Crippen LogP contribution in [0.2, 0.25) is 0 Å². The predicted octanol–water partition coefficient (Wildman–Crippen LogP) is 1.19. The lowest BCUT2D eigenvalue weighted by Gasteiger charge is -2.32. The highest BCUT2D eigenvalue weighted by Crippen LogP contribution is 2.30. The molecule has 8 heteroatoms. The number of rotatable bonds is 6. The fourth-order valence-electron chi connectivity index (χ4n) is 2.62. The fraction of sp³-hybridized carbons (Fsp3) is 0.389. The van der Waals surface area contributed by atoms with Crippen molar-refractivity contribution in [2.24, 2.45) is 0 Å². The maximum Gasteiger partial charge on any atom is 0.355 e. The lowest BCUT2D eigenvalue weighted by molar-refractivity contribution is -0.142. The topological polar surface area (TPSA) is 91.4 Å². The molecule has 1 aromatic carbocycles. The summed E-state index contributed by atoms with van der Waals surface area (Å²) in [7, 11) is 2.44. The Morgan fingerprint density at radius 2 is 1.81 bits per heavy atom. The summed E-state index contributed by atoms with van der Waals surface area (Å²) in [6.45, 7) is 1.94. The Labute approximate surface area is 151 Å². The number of esters is 3. The predicted molar refractivity (Wildman–Crippen MR) is 91.1 cm³/mol. The Morgan fingerprint density at radius 1 is 1.12 bits per heavy atom. The van der Waals surface area contributed by atoms with E-state index in [0.717, 1.165) is 0 Å². The zero-order valence-electron chi connectivity index (χ0n) is 14.9. The van der Waals surface area contributed by atoms with Crippen LogP contribution < -0.4 is 4.90 Å². The maximum absolute atomic E-state index is 12.3. The van der Waals surface area contributed by atoms with Crippen LogP contribution in [0, 0.1) is 0 Å². The van der Waals surface area contributed by atoms with E-state index in [9.17, 15) is 14.4 Å². The Morgan fingerprint density at radius 3 is 2.46 bits per heavy atom. The number of para-hydroxylation sites is 1. The van der Waals surface area contributed by atoms with Crippen molar-refractivity contribution in [2.45, 2.75) is 13.3 Å². The van der Waals surface area contributed by atoms with Crippen molar-refractivity contribution in [3.8, 4) is 0 Å². The van der Waals surface area contributed by atoms with Crippen LogP contribution in [0.3, 0.4) is 0 Å². The van der Waals surface area contributed by atoms with Crippen LogP contribution in [-0.2, 0) is 39.8 Å². The summed E-state index contributed by atoms with van der Waals surface area (Å²) in [6.07, 6.45) is 0.0164. The maximum atomic E-state index is 12.3. The van der Waals surface area contributed by atoms with Gasteiger partial charge in [-0.05, 0) is 18.6 Å². The first-order valence-electron chi connectivity index (χ1n) is 8.02. The number of anilines is 1. The molecular formula is C18H21NO7. The molecule has 1 aliphatic rings. The summed E-state index contributed by atoms with van der Waals surface area (Å²) in [4.78, 5) is 37.8. The molecule has 0 atom stereocenters. The van der Waals surface area contributed by atoms with Gasteiger partial charge in [-0.3, -0.25) is 4.79 Å². The van der Waals surface area contributed by atoms with Crippen LogP contribution in [-0.4, -0.2) is 52.1 Å². The second-order valence-electron chi connectivity index (χ2n) is 5.33. The van der Waals surface area contributed by atoms with Crippen molar-refractivity contribution in [2.75, 3.05) is 39.1 Å². The van der Waals surface area contributed by atoms with Gasteiger partial charge in [0.25, 0.3) is 0 Å². The first kappa shape index (κ1) is 19.5. The van der Waals surface area contributed by atoms with Gasteiger partial charge in [0.15, 0.2) is 0 Å². The standard InChI is InChI=1S/C18H21NO7/c1-4-26-15(20)9-12-7-5-6-8-14(12)19-11-25-10-13(17(21)23-2)16(19)18(22)24-3/h5-8H,4,9-11H2,1-3H3. The van der Waals surface area contributed by atoms with Gasteiger partial charge in [-0.15, -0.1) is 0 Å². The van der Waals surface area contributed by atoms with E-state index in [1.807, 2.05) is 0 Å². The quantitative estimate of drug-likeness (QED) is 0.550. The summed E-state index contributed by atoms with van der Waals surface area (Å²) < 4.78 is 20.0. The minimum absolute atomic E-state index is 0.0164. The van der Waals surface area contributed by atoms with Crippen LogP contribution >= 0.6 is 0 Å². The number of benzene rings is 1. The number of nitrogens with zero attached hydrogens (tertiary/aromatic N) is 1. The molecular weight excluding hydrogens is 342 g/mol. The number of hydrogen-bond donors (Lipinski definition) is 0. The average Bonchev–Trinajstić information content (AvgIpc) is 2.66. The number of hydrogen-bond acceptors (Lipinski definition) is 8. The lowest BCUT2D eigenvalue weighted by Crippen LogP contribution is -2.39. The summed E-state index contributed by atoms with van der Waals surface area (Å²) in [5.74, 6) is -1.77. The van der Waals surface area contributed by atoms with E-state index in [1.165, 1.54) is 19.1 Å². The lowest BCUT2D eigenvalue weighted by atomic mass is 10.1. The normalized spacial score (nSPS) is 14.0. The molecule has 0 fully saturated rings. The molecule has 2 rings (SSSR count). The second-order valence-corrected chi connectivity index (χ2v) is 5.33. The number of methoxy groups -OCH3 is 2. The van der Waals surface area contributed by atoms with Crippen LogP contribution in [0.25, 0.3) is 0 Å². The summed E-state index contributed by atoms with van der Waals surface area (Å²) in [6, 6.07) is 6.99. The summed E-state index contributed by atoms with van der Waals surface area (Å²) in [5, 5.41) is 0. The summed E-state index contributed by atoms with van der Waals surface area (Å²) in [5.41, 5.74) is 1.25. The van der Waals surface area contributed by atoms with Crippen molar-refractivity contribution < 1.29 is 33.3 Å². The molecule has 0 aliphatic carbocycles. The molecule has 0 saturated carbocycles. The Bertz CT molecular complexity index is 726. The van der Waals surface area contributed by atoms with Crippen LogP contribution in [0.4, 0.5) is 5.69 Å². The number of carbonyl (C=O) groups excluding carboxylic acids is 3. The average molecular weight is 363 g/mol. The van der Waals surface area contributed by atoms with Gasteiger partial charge < -0.3 is 23.8 Å². The van der Waals surface area contributed by atoms with E-state index in [2.05, 4.69) is 0 Å². The molecule has 140 valence electrons. The molecule has 1 aliphatic heterocycles. The van der Waals surface area contributed by atoms with Crippen LogP contribution in [0.5, 0.6) is 0 Å². The molecule has 0 N–H and O–H groups in total. The second kappa shape index (κ2) is 9.00. The van der Waals surface area contributed by atoms with Gasteiger partial charge in [-0.2, -0.15) is 0 Å². The number of carbonyl (C=O) groups is 3. The molecule has 0 amide bonds. The zero-order chi connectivity index (χ0) is 19.1. The van der Waals surface area contributed by atoms with Crippen LogP contribution in [0.15, 0.2) is 35.5 Å². The molecule has 1 heterocycles. The van der Waals surface area contributed by atoms with E-state index in [4.69, 9.17) is 18.9 Å². The number of ether oxygens (including phenoxy) is 4. The molecule has 0 radical (unpaired) electrons. The van der Waals surface area contributed by atoms with Crippen molar-refractivity contribution in [1.82, 2.24) is 0 Å². The van der Waals surface area contributed by atoms with Crippen LogP contribution in [0.1, 0.15) is 12.5 Å². The molecule has 0 saturated heterocycles. The Balaban J connectivity index is 2.50. The highest BCUT2D eigenvalue weighted by atomic mass is 16.5. The zero-order valence-corrected chi connectivity index (χ0v) is 14.9. The van der Waals surface area contributed by atoms with E-state index < -0.39 is 17.9 Å². The van der Waals surface area contributed by atoms with Crippen molar-refractivity contribution in [1.29, 1.82) is 0 Å². The van der Waals surface area contributed by atoms with E-state index in [-0.39, 0.29) is 37.6 Å². The van der Waals surface area contributed by atoms with Gasteiger partial charge in [0.1, 0.15) is 12.4 Å². The van der Waals surface area contributed by atoms with Gasteiger partial charge in [0.05, 0.1) is 39.4 Å². The smallest absolute Gasteiger partial charge is 0.355 e. The van der Waals surface area contributed by atoms with Gasteiger partial charge in [0.2, 0.25) is 0 Å². The third-order valence-corrected chi connectivity index (χ3v) is 3.76. The molecule has 8 nitrogen and oxygen atoms in total. The molecule has 0 bridgehead atoms. The molecule has 26 heavy (non-hydrogen) atoms. The molecule has 1 aromatic rings. The van der Waals surface area contributed by atoms with Gasteiger partial charge in [-0.1, -0.05) is 18.2 Å². The van der Waals surface area contributed by atoms with Gasteiger partial charge >= 0.3 is 17.9 Å². The Hall–Kier alpha value is -2.87. The van der Waals surface area contributed by atoms with Gasteiger partial charge in [0, 0.05) is 5.69 Å². The van der Waals surface area contributed by atoms with E-state index >= 15 is 0 Å². The van der Waals surface area contributed by atoms with Gasteiger partial charge in [-0.25, -0.2) is 9.59 Å². The minimum Gasteiger partial charge on any atom is -0.466 e. The first-order valence-corrected chi connectivity index (χ1v) is 8.02. The van der Waals surface area contributed by atoms with Crippen molar-refractivity contribution in [3.63, 3.8) is 0 Å². The minimum atomic E-state index is -0.695. The SMILES string of the molecule is CCOC(=O)Cc1ccccc1N1COCC(C(=O)OC)=C1C(=O)OC. The van der Waals surface area contributed by atoms with Crippen molar-refractivity contribution >= 4 is 23.6 Å². The Kier molecular flexibility index (Phi) is 6.74. The van der Waals surface area contributed by atoms with E-state index in [0.29, 0.717) is 11.3 Å². The fourth-order valence-corrected chi connectivity index (χ4v) is 2.62. The largest absolute Gasteiger partial charge is 0.466 e. The highest BCUT2D eigenvalue weighted by Gasteiger charge is 2.33. The third-order valence-electron chi connectivity index (χ3n) is 3.76. The highest BCUT2D eigenvalue weighted by molar-refractivity contribution is 6.03. The van der Waals surface area contributed by atoms with Crippen molar-refractivity contribution in [3.05, 3.63) is 41.1 Å². The summed E-state index contributed by atoms with van der Waals surface area (Å²) >= 11 is 0. The molecule has 0 aromatic heterocycles. The first-order chi connectivity index (χ1) is 12.5. The third kappa shape index (κ3) is 4.20. The monoisotopic (exact) mass is 363 g/mol.